The van der Waals surface area contributed by atoms with Crippen LogP contribution in [0.2, 0.25) is 0 Å². The highest BCUT2D eigenvalue weighted by atomic mass is 32.2. The van der Waals surface area contributed by atoms with Crippen LogP contribution in [0.5, 0.6) is 0 Å². The van der Waals surface area contributed by atoms with Crippen LogP contribution in [0.25, 0.3) is 0 Å². The molecule has 0 amide bonds. The van der Waals surface area contributed by atoms with Crippen LogP contribution >= 0.6 is 0 Å². The molecule has 9 heteroatoms. The number of carboxylic acid groups (broad SMARTS) is 1. The summed E-state index contributed by atoms with van der Waals surface area (Å²) in [7, 11) is -0.857. The average molecular weight is 292 g/mol. The van der Waals surface area contributed by atoms with Crippen molar-refractivity contribution in [3.8, 4) is 0 Å². The lowest BCUT2D eigenvalue weighted by Crippen LogP contribution is -2.35. The number of carboxylic acids is 1. The predicted octanol–water partition coefficient (Wildman–Crippen LogP) is -0.347. The van der Waals surface area contributed by atoms with E-state index in [-0.39, 0.29) is 23.7 Å². The minimum atomic E-state index is -3.78. The molecule has 0 aromatic carbocycles. The van der Waals surface area contributed by atoms with Gasteiger partial charge in [0.15, 0.2) is 0 Å². The van der Waals surface area contributed by atoms with Gasteiger partial charge in [-0.2, -0.15) is 0 Å². The van der Waals surface area contributed by atoms with Gasteiger partial charge in [-0.05, 0) is 6.07 Å². The molecule has 0 fully saturated rings. The first-order valence-corrected chi connectivity index (χ1v) is 6.82. The Kier molecular flexibility index (Phi) is 5.48. The third-order valence-electron chi connectivity index (χ3n) is 2.38. The number of nitrogens with one attached hydrogen (secondary N) is 2. The van der Waals surface area contributed by atoms with E-state index in [4.69, 9.17) is 14.6 Å². The molecular formula is C10H16N2O6S. The number of aromatic carboxylic acids is 1. The van der Waals surface area contributed by atoms with Crippen LogP contribution in [-0.4, -0.2) is 58.0 Å². The van der Waals surface area contributed by atoms with Crippen molar-refractivity contribution in [2.24, 2.45) is 0 Å². The highest BCUT2D eigenvalue weighted by Gasteiger charge is 2.19. The van der Waals surface area contributed by atoms with Gasteiger partial charge in [0.05, 0.1) is 12.7 Å². The molecule has 0 saturated carbocycles. The van der Waals surface area contributed by atoms with E-state index in [0.717, 1.165) is 12.3 Å². The molecule has 1 unspecified atom stereocenters. The first-order chi connectivity index (χ1) is 8.90. The molecule has 0 bridgehead atoms. The summed E-state index contributed by atoms with van der Waals surface area (Å²) in [6, 6.07) is 1.04. The van der Waals surface area contributed by atoms with Crippen molar-refractivity contribution >= 4 is 16.0 Å². The summed E-state index contributed by atoms with van der Waals surface area (Å²) in [4.78, 5) is 12.9. The topological polar surface area (TPSA) is 118 Å². The molecule has 0 aliphatic rings. The molecule has 108 valence electrons. The fourth-order valence-corrected chi connectivity index (χ4v) is 2.39. The number of hydrogen-bond donors (Lipinski definition) is 3. The molecule has 1 rings (SSSR count). The second-order valence-corrected chi connectivity index (χ2v) is 5.49. The van der Waals surface area contributed by atoms with Crippen molar-refractivity contribution < 1.29 is 27.8 Å². The lowest BCUT2D eigenvalue weighted by molar-refractivity contribution is 0.0320. The van der Waals surface area contributed by atoms with Crippen LogP contribution in [0.1, 0.15) is 10.5 Å². The van der Waals surface area contributed by atoms with Crippen molar-refractivity contribution in [3.63, 3.8) is 0 Å². The molecule has 1 aromatic rings. The Morgan fingerprint density at radius 1 is 1.53 bits per heavy atom. The van der Waals surface area contributed by atoms with Crippen LogP contribution < -0.4 is 4.72 Å². The zero-order valence-electron chi connectivity index (χ0n) is 10.5. The molecular weight excluding hydrogens is 276 g/mol. The van der Waals surface area contributed by atoms with Crippen LogP contribution in [0, 0.1) is 0 Å². The molecule has 0 saturated heterocycles. The van der Waals surface area contributed by atoms with Crippen LogP contribution in [0.4, 0.5) is 0 Å². The van der Waals surface area contributed by atoms with E-state index in [2.05, 4.69) is 9.71 Å². The number of sulfonamides is 1. The lowest BCUT2D eigenvalue weighted by atomic mass is 10.4. The van der Waals surface area contributed by atoms with Gasteiger partial charge in [-0.3, -0.25) is 0 Å². The fraction of sp³-hybridized carbons (Fsp3) is 0.500. The van der Waals surface area contributed by atoms with E-state index >= 15 is 0 Å². The minimum absolute atomic E-state index is 0.0280. The Balaban J connectivity index is 2.72. The second-order valence-electron chi connectivity index (χ2n) is 3.72. The smallest absolute Gasteiger partial charge is 0.352 e. The third kappa shape index (κ3) is 4.31. The van der Waals surface area contributed by atoms with E-state index in [1.54, 1.807) is 0 Å². The highest BCUT2D eigenvalue weighted by molar-refractivity contribution is 7.89. The molecule has 1 heterocycles. The van der Waals surface area contributed by atoms with E-state index in [0.29, 0.717) is 0 Å². The molecule has 8 nitrogen and oxygen atoms in total. The zero-order chi connectivity index (χ0) is 14.5. The maximum Gasteiger partial charge on any atom is 0.352 e. The lowest BCUT2D eigenvalue weighted by Gasteiger charge is -2.14. The monoisotopic (exact) mass is 292 g/mol. The molecule has 1 aromatic heterocycles. The largest absolute Gasteiger partial charge is 0.477 e. The number of carbonyl (C=O) groups is 1. The number of ether oxygens (including phenoxy) is 2. The maximum absolute atomic E-state index is 11.9. The Labute approximate surface area is 110 Å². The summed E-state index contributed by atoms with van der Waals surface area (Å²) in [6.45, 7) is 0.271. The molecule has 19 heavy (non-hydrogen) atoms. The quantitative estimate of drug-likeness (QED) is 0.603. The van der Waals surface area contributed by atoms with Crippen molar-refractivity contribution in [3.05, 3.63) is 18.0 Å². The highest BCUT2D eigenvalue weighted by Crippen LogP contribution is 2.10. The second kappa shape index (κ2) is 6.66. The van der Waals surface area contributed by atoms with Gasteiger partial charge in [0.25, 0.3) is 0 Å². The van der Waals surface area contributed by atoms with Gasteiger partial charge in [0, 0.05) is 27.0 Å². The Hall–Kier alpha value is -1.42. The third-order valence-corrected chi connectivity index (χ3v) is 3.79. The number of methoxy groups -OCH3 is 2. The maximum atomic E-state index is 11.9. The van der Waals surface area contributed by atoms with Gasteiger partial charge in [0.1, 0.15) is 10.6 Å². The fourth-order valence-electron chi connectivity index (χ4n) is 1.34. The summed E-state index contributed by atoms with van der Waals surface area (Å²) in [6.07, 6.45) is 0.696. The number of H-pyrrole nitrogens is 1. The summed E-state index contributed by atoms with van der Waals surface area (Å²) in [5, 5.41) is 8.71. The Bertz CT molecular complexity index is 524. The molecule has 0 aliphatic carbocycles. The molecule has 0 radical (unpaired) electrons. The van der Waals surface area contributed by atoms with Gasteiger partial charge in [0.2, 0.25) is 10.0 Å². The van der Waals surface area contributed by atoms with E-state index < -0.39 is 22.1 Å². The van der Waals surface area contributed by atoms with Gasteiger partial charge in [-0.1, -0.05) is 0 Å². The number of aromatic nitrogens is 1. The summed E-state index contributed by atoms with van der Waals surface area (Å²) in [5.74, 6) is -1.23. The van der Waals surface area contributed by atoms with Crippen LogP contribution in [0.3, 0.4) is 0 Å². The Morgan fingerprint density at radius 3 is 2.68 bits per heavy atom. The zero-order valence-corrected chi connectivity index (χ0v) is 11.4. The molecule has 3 N–H and O–H groups in total. The number of aromatic amines is 1. The van der Waals surface area contributed by atoms with Crippen LogP contribution in [0.15, 0.2) is 17.2 Å². The van der Waals surface area contributed by atoms with Crippen molar-refractivity contribution in [2.45, 2.75) is 11.0 Å². The van der Waals surface area contributed by atoms with E-state index in [1.807, 2.05) is 0 Å². The first-order valence-electron chi connectivity index (χ1n) is 5.33. The van der Waals surface area contributed by atoms with Crippen molar-refractivity contribution in [1.82, 2.24) is 9.71 Å². The Morgan fingerprint density at radius 2 is 2.21 bits per heavy atom. The predicted molar refractivity (Wildman–Crippen MR) is 65.6 cm³/mol. The SMILES string of the molecule is COCC(CNS(=O)(=O)c1c[nH]c(C(=O)O)c1)OC. The minimum Gasteiger partial charge on any atom is -0.477 e. The normalized spacial score (nSPS) is 13.4. The number of rotatable bonds is 8. The van der Waals surface area contributed by atoms with Crippen molar-refractivity contribution in [1.29, 1.82) is 0 Å². The first kappa shape index (κ1) is 15.6. The molecule has 0 spiro atoms. The summed E-state index contributed by atoms with van der Waals surface area (Å²) in [5.41, 5.74) is -0.194. The van der Waals surface area contributed by atoms with Gasteiger partial charge in [-0.25, -0.2) is 17.9 Å². The summed E-state index contributed by atoms with van der Waals surface area (Å²) >= 11 is 0. The van der Waals surface area contributed by atoms with Gasteiger partial charge < -0.3 is 19.6 Å². The average Bonchev–Trinajstić information content (AvgIpc) is 2.85. The molecule has 1 atom stereocenters. The van der Waals surface area contributed by atoms with E-state index in [9.17, 15) is 13.2 Å². The van der Waals surface area contributed by atoms with Crippen molar-refractivity contribution in [2.75, 3.05) is 27.4 Å². The van der Waals surface area contributed by atoms with Gasteiger partial charge >= 0.3 is 5.97 Å². The van der Waals surface area contributed by atoms with Crippen LogP contribution in [-0.2, 0) is 19.5 Å². The summed E-state index contributed by atoms with van der Waals surface area (Å²) < 4.78 is 35.9. The van der Waals surface area contributed by atoms with E-state index in [1.165, 1.54) is 14.2 Å². The standard InChI is InChI=1S/C10H16N2O6S/c1-17-6-7(18-2)4-12-19(15,16)8-3-9(10(13)14)11-5-8/h3,5,7,11-12H,4,6H2,1-2H3,(H,13,14). The molecule has 0 aliphatic heterocycles. The van der Waals surface area contributed by atoms with Gasteiger partial charge in [-0.15, -0.1) is 0 Å². The number of hydrogen-bond acceptors (Lipinski definition) is 5.